The highest BCUT2D eigenvalue weighted by Gasteiger charge is 2.19. The fourth-order valence-electron chi connectivity index (χ4n) is 2.59. The maximum atomic E-state index is 12.2. The van der Waals surface area contributed by atoms with Gasteiger partial charge in [-0.1, -0.05) is 12.8 Å². The summed E-state index contributed by atoms with van der Waals surface area (Å²) in [6.45, 7) is 0.891. The number of hydrogen-bond acceptors (Lipinski definition) is 3. The minimum absolute atomic E-state index is 0.0101. The molecule has 0 radical (unpaired) electrons. The number of imidazole rings is 1. The summed E-state index contributed by atoms with van der Waals surface area (Å²) in [7, 11) is 0. The summed E-state index contributed by atoms with van der Waals surface area (Å²) in [6, 6.07) is 5.21. The van der Waals surface area contributed by atoms with E-state index < -0.39 is 0 Å². The van der Waals surface area contributed by atoms with Crippen molar-refractivity contribution in [2.24, 2.45) is 0 Å². The molecule has 1 saturated heterocycles. The summed E-state index contributed by atoms with van der Waals surface area (Å²) in [4.78, 5) is 28.8. The van der Waals surface area contributed by atoms with Gasteiger partial charge in [-0.2, -0.15) is 0 Å². The molecule has 1 aliphatic heterocycles. The molecule has 2 heterocycles. The number of H-pyrrole nitrogens is 2. The maximum absolute atomic E-state index is 12.2. The third-order valence-electron chi connectivity index (χ3n) is 3.66. The van der Waals surface area contributed by atoms with E-state index in [1.165, 1.54) is 6.42 Å². The van der Waals surface area contributed by atoms with E-state index >= 15 is 0 Å². The number of carbonyl (C=O) groups is 1. The van der Waals surface area contributed by atoms with Gasteiger partial charge in [-0.25, -0.2) is 4.79 Å². The Bertz CT molecular complexity index is 665. The fraction of sp³-hybridized carbons (Fsp3) is 0.429. The van der Waals surface area contributed by atoms with Crippen LogP contribution < -0.4 is 16.3 Å². The Labute approximate surface area is 116 Å². The van der Waals surface area contributed by atoms with Crippen LogP contribution in [-0.2, 0) is 4.79 Å². The molecule has 1 atom stereocenters. The van der Waals surface area contributed by atoms with Crippen LogP contribution in [0.2, 0.25) is 0 Å². The molecule has 20 heavy (non-hydrogen) atoms. The normalized spacial score (nSPS) is 19.7. The Morgan fingerprint density at radius 3 is 2.90 bits per heavy atom. The van der Waals surface area contributed by atoms with Crippen molar-refractivity contribution in [3.05, 3.63) is 28.7 Å². The van der Waals surface area contributed by atoms with Crippen molar-refractivity contribution in [3.63, 3.8) is 0 Å². The first-order chi connectivity index (χ1) is 9.72. The Morgan fingerprint density at radius 1 is 1.15 bits per heavy atom. The first-order valence-electron chi connectivity index (χ1n) is 6.99. The smallest absolute Gasteiger partial charge is 0.323 e. The lowest BCUT2D eigenvalue weighted by Gasteiger charge is -2.15. The lowest BCUT2D eigenvalue weighted by Crippen LogP contribution is -2.39. The van der Waals surface area contributed by atoms with Crippen LogP contribution in [0.4, 0.5) is 5.69 Å². The first-order valence-corrected chi connectivity index (χ1v) is 6.99. The zero-order chi connectivity index (χ0) is 13.9. The van der Waals surface area contributed by atoms with E-state index in [0.29, 0.717) is 11.2 Å². The molecule has 0 aliphatic carbocycles. The molecule has 0 bridgehead atoms. The quantitative estimate of drug-likeness (QED) is 0.666. The van der Waals surface area contributed by atoms with Crippen molar-refractivity contribution >= 4 is 22.6 Å². The Hall–Kier alpha value is -2.08. The van der Waals surface area contributed by atoms with Crippen LogP contribution in [0.15, 0.2) is 23.0 Å². The molecule has 6 nitrogen and oxygen atoms in total. The molecule has 1 aliphatic rings. The van der Waals surface area contributed by atoms with E-state index in [-0.39, 0.29) is 17.6 Å². The minimum Gasteiger partial charge on any atom is -0.325 e. The maximum Gasteiger partial charge on any atom is 0.323 e. The number of fused-ring (bicyclic) bond motifs is 1. The van der Waals surface area contributed by atoms with Crippen LogP contribution in [0.3, 0.4) is 0 Å². The largest absolute Gasteiger partial charge is 0.325 e. The molecular formula is C14H18N4O2. The van der Waals surface area contributed by atoms with Gasteiger partial charge in [0.05, 0.1) is 17.1 Å². The van der Waals surface area contributed by atoms with Crippen molar-refractivity contribution < 1.29 is 4.79 Å². The van der Waals surface area contributed by atoms with E-state index in [1.54, 1.807) is 18.2 Å². The van der Waals surface area contributed by atoms with Gasteiger partial charge in [0.25, 0.3) is 0 Å². The van der Waals surface area contributed by atoms with E-state index in [1.807, 2.05) is 0 Å². The summed E-state index contributed by atoms with van der Waals surface area (Å²) in [5.74, 6) is -0.0101. The highest BCUT2D eigenvalue weighted by atomic mass is 16.2. The number of anilines is 1. The topological polar surface area (TPSA) is 89.8 Å². The Morgan fingerprint density at radius 2 is 2.00 bits per heavy atom. The molecule has 0 saturated carbocycles. The van der Waals surface area contributed by atoms with Gasteiger partial charge in [0.1, 0.15) is 0 Å². The number of rotatable bonds is 2. The average molecular weight is 274 g/mol. The van der Waals surface area contributed by atoms with Crippen molar-refractivity contribution in [2.75, 3.05) is 11.9 Å². The summed E-state index contributed by atoms with van der Waals surface area (Å²) < 4.78 is 0. The summed E-state index contributed by atoms with van der Waals surface area (Å²) >= 11 is 0. The fourth-order valence-corrected chi connectivity index (χ4v) is 2.59. The number of amides is 1. The minimum atomic E-state index is -0.242. The Balaban J connectivity index is 1.74. The SMILES string of the molecule is O=C(Nc1ccc2[nH]c(=O)[nH]c2c1)C1CCCCCN1. The first kappa shape index (κ1) is 12.9. The molecule has 1 aromatic carbocycles. The van der Waals surface area contributed by atoms with Crippen LogP contribution in [-0.4, -0.2) is 28.5 Å². The van der Waals surface area contributed by atoms with E-state index in [2.05, 4.69) is 20.6 Å². The van der Waals surface area contributed by atoms with Gasteiger partial charge in [-0.05, 0) is 37.6 Å². The van der Waals surface area contributed by atoms with Crippen molar-refractivity contribution in [1.82, 2.24) is 15.3 Å². The number of nitrogens with one attached hydrogen (secondary N) is 4. The second-order valence-corrected chi connectivity index (χ2v) is 5.18. The molecular weight excluding hydrogens is 256 g/mol. The molecule has 1 unspecified atom stereocenters. The molecule has 4 N–H and O–H groups in total. The number of hydrogen-bond donors (Lipinski definition) is 4. The summed E-state index contributed by atoms with van der Waals surface area (Å²) in [5, 5.41) is 6.17. The van der Waals surface area contributed by atoms with Crippen molar-refractivity contribution in [3.8, 4) is 0 Å². The van der Waals surface area contributed by atoms with Gasteiger partial charge in [0.15, 0.2) is 0 Å². The van der Waals surface area contributed by atoms with Gasteiger partial charge in [0.2, 0.25) is 5.91 Å². The lowest BCUT2D eigenvalue weighted by molar-refractivity contribution is -0.118. The van der Waals surface area contributed by atoms with Gasteiger partial charge in [-0.15, -0.1) is 0 Å². The van der Waals surface area contributed by atoms with Gasteiger partial charge < -0.3 is 20.6 Å². The van der Waals surface area contributed by atoms with Gasteiger partial charge in [0, 0.05) is 5.69 Å². The van der Waals surface area contributed by atoms with Crippen molar-refractivity contribution in [1.29, 1.82) is 0 Å². The molecule has 106 valence electrons. The van der Waals surface area contributed by atoms with Crippen LogP contribution in [0, 0.1) is 0 Å². The average Bonchev–Trinajstić information content (AvgIpc) is 2.64. The third kappa shape index (κ3) is 2.75. The van der Waals surface area contributed by atoms with Crippen LogP contribution in [0.5, 0.6) is 0 Å². The standard InChI is InChI=1S/C14H18N4O2/c19-13(11-4-2-1-3-7-15-11)16-9-5-6-10-12(8-9)18-14(20)17-10/h5-6,8,11,15H,1-4,7H2,(H,16,19)(H2,17,18,20). The van der Waals surface area contributed by atoms with Gasteiger partial charge >= 0.3 is 5.69 Å². The second-order valence-electron chi connectivity index (χ2n) is 5.18. The Kier molecular flexibility index (Phi) is 3.56. The number of benzene rings is 1. The zero-order valence-electron chi connectivity index (χ0n) is 11.2. The second kappa shape index (κ2) is 5.50. The molecule has 1 amide bonds. The van der Waals surface area contributed by atoms with Gasteiger partial charge in [-0.3, -0.25) is 4.79 Å². The molecule has 1 aromatic heterocycles. The molecule has 1 fully saturated rings. The van der Waals surface area contributed by atoms with Crippen LogP contribution >= 0.6 is 0 Å². The highest BCUT2D eigenvalue weighted by Crippen LogP contribution is 2.16. The zero-order valence-corrected chi connectivity index (χ0v) is 11.2. The predicted molar refractivity (Wildman–Crippen MR) is 77.8 cm³/mol. The van der Waals surface area contributed by atoms with Crippen LogP contribution in [0.25, 0.3) is 11.0 Å². The van der Waals surface area contributed by atoms with E-state index in [4.69, 9.17) is 0 Å². The van der Waals surface area contributed by atoms with E-state index in [9.17, 15) is 9.59 Å². The summed E-state index contributed by atoms with van der Waals surface area (Å²) in [5.41, 5.74) is 1.89. The summed E-state index contributed by atoms with van der Waals surface area (Å²) in [6.07, 6.45) is 4.25. The van der Waals surface area contributed by atoms with Crippen molar-refractivity contribution in [2.45, 2.75) is 31.7 Å². The van der Waals surface area contributed by atoms with Crippen LogP contribution in [0.1, 0.15) is 25.7 Å². The number of aromatic amines is 2. The third-order valence-corrected chi connectivity index (χ3v) is 3.66. The number of aromatic nitrogens is 2. The molecule has 0 spiro atoms. The monoisotopic (exact) mass is 274 g/mol. The predicted octanol–water partition coefficient (Wildman–Crippen LogP) is 1.33. The molecule has 2 aromatic rings. The van der Waals surface area contributed by atoms with E-state index in [0.717, 1.165) is 31.3 Å². The molecule has 6 heteroatoms. The number of carbonyl (C=O) groups excluding carboxylic acids is 1. The molecule has 3 rings (SSSR count). The lowest BCUT2D eigenvalue weighted by atomic mass is 10.1. The highest BCUT2D eigenvalue weighted by molar-refractivity contribution is 5.96.